The van der Waals surface area contributed by atoms with Crippen LogP contribution in [-0.2, 0) is 14.3 Å². The molecule has 0 spiro atoms. The van der Waals surface area contributed by atoms with E-state index in [1.807, 2.05) is 66.7 Å². The van der Waals surface area contributed by atoms with Crippen LogP contribution in [0.25, 0.3) is 0 Å². The Morgan fingerprint density at radius 1 is 1.04 bits per heavy atom. The van der Waals surface area contributed by atoms with Crippen LogP contribution in [-0.4, -0.2) is 18.1 Å². The van der Waals surface area contributed by atoms with Gasteiger partial charge in [-0.1, -0.05) is 60.7 Å². The van der Waals surface area contributed by atoms with E-state index in [4.69, 9.17) is 10.00 Å². The normalized spacial score (nSPS) is 11.1. The van der Waals surface area contributed by atoms with Gasteiger partial charge in [-0.05, 0) is 11.1 Å². The molecule has 0 saturated heterocycles. The summed E-state index contributed by atoms with van der Waals surface area (Å²) in [5.41, 5.74) is 1.58. The summed E-state index contributed by atoms with van der Waals surface area (Å²) in [7, 11) is 0. The summed E-state index contributed by atoms with van der Waals surface area (Å²) in [6.07, 6.45) is 0.446. The Hall–Kier alpha value is -3.22. The minimum Gasteiger partial charge on any atom is -0.451 e. The van der Waals surface area contributed by atoms with E-state index >= 15 is 0 Å². The largest absolute Gasteiger partial charge is 0.451 e. The van der Waals surface area contributed by atoms with E-state index in [1.165, 1.54) is 6.08 Å². The molecule has 114 valence electrons. The summed E-state index contributed by atoms with van der Waals surface area (Å²) in [6.45, 7) is 0. The Morgan fingerprint density at radius 3 is 2.00 bits per heavy atom. The van der Waals surface area contributed by atoms with Crippen molar-refractivity contribution in [2.75, 3.05) is 0 Å². The fraction of sp³-hybridized carbons (Fsp3) is 0.167. The number of ether oxygens (including phenoxy) is 1. The number of hydrogen-bond donors (Lipinski definition) is 0. The first-order valence-corrected chi connectivity index (χ1v) is 7.00. The molecular formula is C18H14N2O3. The van der Waals surface area contributed by atoms with Gasteiger partial charge in [0.2, 0.25) is 6.08 Å². The van der Waals surface area contributed by atoms with E-state index < -0.39 is 18.1 Å². The molecule has 0 aliphatic rings. The second-order valence-corrected chi connectivity index (χ2v) is 4.74. The molecule has 0 aliphatic heterocycles. The van der Waals surface area contributed by atoms with Crippen LogP contribution in [0.2, 0.25) is 0 Å². The summed E-state index contributed by atoms with van der Waals surface area (Å²) < 4.78 is 5.53. The quantitative estimate of drug-likeness (QED) is 0.467. The molecule has 0 saturated carbocycles. The van der Waals surface area contributed by atoms with Crippen molar-refractivity contribution in [3.63, 3.8) is 0 Å². The van der Waals surface area contributed by atoms with Crippen molar-refractivity contribution in [1.82, 2.24) is 0 Å². The highest BCUT2D eigenvalue weighted by molar-refractivity contribution is 5.77. The molecule has 2 rings (SSSR count). The van der Waals surface area contributed by atoms with Gasteiger partial charge in [0.1, 0.15) is 0 Å². The number of nitriles is 1. The van der Waals surface area contributed by atoms with Crippen LogP contribution in [0.3, 0.4) is 0 Å². The van der Waals surface area contributed by atoms with E-state index in [0.29, 0.717) is 0 Å². The maximum absolute atomic E-state index is 12.2. The predicted octanol–water partition coefficient (Wildman–Crippen LogP) is 2.94. The molecule has 0 fully saturated rings. The number of hydrogen-bond acceptors (Lipinski definition) is 5. The molecule has 1 atom stereocenters. The van der Waals surface area contributed by atoms with Gasteiger partial charge >= 0.3 is 5.97 Å². The van der Waals surface area contributed by atoms with Crippen molar-refractivity contribution >= 4 is 12.0 Å². The number of isocyanates is 1. The molecule has 5 heteroatoms. The van der Waals surface area contributed by atoms with Crippen molar-refractivity contribution in [3.8, 4) is 6.07 Å². The Labute approximate surface area is 133 Å². The fourth-order valence-corrected chi connectivity index (χ4v) is 2.11. The molecule has 0 aliphatic carbocycles. The van der Waals surface area contributed by atoms with Gasteiger partial charge in [0.25, 0.3) is 0 Å². The van der Waals surface area contributed by atoms with Gasteiger partial charge in [-0.15, -0.1) is 0 Å². The number of carbonyl (C=O) groups excluding carboxylic acids is 2. The first-order chi connectivity index (χ1) is 11.3. The average molecular weight is 306 g/mol. The van der Waals surface area contributed by atoms with E-state index in [1.54, 1.807) is 0 Å². The Morgan fingerprint density at radius 2 is 1.57 bits per heavy atom. The van der Waals surface area contributed by atoms with Gasteiger partial charge in [0.05, 0.1) is 12.5 Å². The van der Waals surface area contributed by atoms with Crippen LogP contribution >= 0.6 is 0 Å². The van der Waals surface area contributed by atoms with E-state index in [0.717, 1.165) is 11.1 Å². The number of esters is 1. The maximum atomic E-state index is 12.2. The molecular weight excluding hydrogens is 292 g/mol. The van der Waals surface area contributed by atoms with Crippen molar-refractivity contribution < 1.29 is 14.3 Å². The van der Waals surface area contributed by atoms with Gasteiger partial charge in [0, 0.05) is 0 Å². The molecule has 1 unspecified atom stereocenters. The third-order valence-electron chi connectivity index (χ3n) is 3.20. The Balaban J connectivity index is 2.30. The number of benzene rings is 2. The molecule has 0 aromatic heterocycles. The number of rotatable bonds is 6. The van der Waals surface area contributed by atoms with Gasteiger partial charge < -0.3 is 4.74 Å². The van der Waals surface area contributed by atoms with Gasteiger partial charge in [-0.25, -0.2) is 9.59 Å². The zero-order valence-electron chi connectivity index (χ0n) is 12.3. The van der Waals surface area contributed by atoms with Crippen molar-refractivity contribution in [2.45, 2.75) is 18.6 Å². The topological polar surface area (TPSA) is 79.5 Å². The lowest BCUT2D eigenvalue weighted by Crippen LogP contribution is -2.24. The predicted molar refractivity (Wildman–Crippen MR) is 83.0 cm³/mol. The first-order valence-electron chi connectivity index (χ1n) is 7.00. The summed E-state index contributed by atoms with van der Waals surface area (Å²) in [5.74, 6) is -0.729. The fourth-order valence-electron chi connectivity index (χ4n) is 2.11. The second kappa shape index (κ2) is 8.28. The number of carbonyl (C=O) groups is 1. The number of nitrogens with zero attached hydrogens (tertiary/aromatic N) is 2. The molecule has 0 radical (unpaired) electrons. The SMILES string of the molecule is N#CCC(N=C=O)C(=O)OC(c1ccccc1)c1ccccc1. The minimum absolute atomic E-state index is 0.232. The molecule has 5 nitrogen and oxygen atoms in total. The van der Waals surface area contributed by atoms with Crippen LogP contribution in [0.15, 0.2) is 65.7 Å². The second-order valence-electron chi connectivity index (χ2n) is 4.74. The molecule has 0 amide bonds. The van der Waals surface area contributed by atoms with Gasteiger partial charge in [0.15, 0.2) is 12.1 Å². The third-order valence-corrected chi connectivity index (χ3v) is 3.20. The summed E-state index contributed by atoms with van der Waals surface area (Å²) >= 11 is 0. The van der Waals surface area contributed by atoms with E-state index in [-0.39, 0.29) is 6.42 Å². The van der Waals surface area contributed by atoms with Crippen molar-refractivity contribution in [3.05, 3.63) is 71.8 Å². The summed E-state index contributed by atoms with van der Waals surface area (Å²) in [6, 6.07) is 19.1. The Kier molecular flexibility index (Phi) is 5.81. The van der Waals surface area contributed by atoms with Crippen LogP contribution in [0.4, 0.5) is 0 Å². The standard InChI is InChI=1S/C18H14N2O3/c19-12-11-16(20-13-21)18(22)23-17(14-7-3-1-4-8-14)15-9-5-2-6-10-15/h1-10,16-17H,11H2. The molecule has 2 aromatic carbocycles. The van der Waals surface area contributed by atoms with Crippen molar-refractivity contribution in [2.24, 2.45) is 4.99 Å². The molecule has 2 aromatic rings. The lowest BCUT2D eigenvalue weighted by Gasteiger charge is -2.20. The highest BCUT2D eigenvalue weighted by Gasteiger charge is 2.25. The minimum atomic E-state index is -1.16. The lowest BCUT2D eigenvalue weighted by atomic mass is 10.0. The molecule has 0 N–H and O–H groups in total. The summed E-state index contributed by atoms with van der Waals surface area (Å²) in [4.78, 5) is 26.0. The van der Waals surface area contributed by atoms with Crippen molar-refractivity contribution in [1.29, 1.82) is 5.26 Å². The summed E-state index contributed by atoms with van der Waals surface area (Å²) in [5, 5.41) is 8.73. The van der Waals surface area contributed by atoms with Gasteiger partial charge in [-0.3, -0.25) is 0 Å². The maximum Gasteiger partial charge on any atom is 0.333 e. The highest BCUT2D eigenvalue weighted by Crippen LogP contribution is 2.26. The smallest absolute Gasteiger partial charge is 0.333 e. The zero-order valence-corrected chi connectivity index (χ0v) is 12.3. The highest BCUT2D eigenvalue weighted by atomic mass is 16.5. The molecule has 23 heavy (non-hydrogen) atoms. The molecule has 0 heterocycles. The van der Waals surface area contributed by atoms with E-state index in [9.17, 15) is 9.59 Å². The van der Waals surface area contributed by atoms with E-state index in [2.05, 4.69) is 4.99 Å². The third kappa shape index (κ3) is 4.37. The zero-order chi connectivity index (χ0) is 16.5. The van der Waals surface area contributed by atoms with Crippen LogP contribution in [0.1, 0.15) is 23.7 Å². The lowest BCUT2D eigenvalue weighted by molar-refractivity contribution is -0.148. The molecule has 0 bridgehead atoms. The van der Waals surface area contributed by atoms with Crippen LogP contribution < -0.4 is 0 Å². The van der Waals surface area contributed by atoms with Gasteiger partial charge in [-0.2, -0.15) is 10.3 Å². The number of aliphatic imine (C=N–C) groups is 1. The monoisotopic (exact) mass is 306 g/mol. The Bertz CT molecular complexity index is 692. The average Bonchev–Trinajstić information content (AvgIpc) is 2.61. The first kappa shape index (κ1) is 16.2. The van der Waals surface area contributed by atoms with Crippen LogP contribution in [0.5, 0.6) is 0 Å². The van der Waals surface area contributed by atoms with Crippen LogP contribution in [0, 0.1) is 11.3 Å².